The smallest absolute Gasteiger partial charge is 0.107 e. The Labute approximate surface area is 117 Å². The van der Waals surface area contributed by atoms with Crippen LogP contribution in [0.15, 0.2) is 35.7 Å². The molecule has 0 radical (unpaired) electrons. The van der Waals surface area contributed by atoms with Gasteiger partial charge in [0.1, 0.15) is 5.01 Å². The van der Waals surface area contributed by atoms with Gasteiger partial charge in [-0.15, -0.1) is 11.3 Å². The molecule has 0 atom stereocenters. The molecule has 0 saturated carbocycles. The van der Waals surface area contributed by atoms with Crippen molar-refractivity contribution in [3.05, 3.63) is 40.7 Å². The molecule has 0 unspecified atom stereocenters. The largest absolute Gasteiger partial charge is 0.381 e. The topological polar surface area (TPSA) is 34.1 Å². The van der Waals surface area contributed by atoms with Crippen LogP contribution in [0.4, 0.5) is 0 Å². The summed E-state index contributed by atoms with van der Waals surface area (Å²) in [7, 11) is 0. The van der Waals surface area contributed by atoms with Gasteiger partial charge in [0.15, 0.2) is 0 Å². The molecule has 2 heterocycles. The molecule has 1 aliphatic rings. The van der Waals surface area contributed by atoms with Crippen LogP contribution in [-0.2, 0) is 11.3 Å². The van der Waals surface area contributed by atoms with E-state index in [4.69, 9.17) is 4.74 Å². The lowest BCUT2D eigenvalue weighted by atomic mass is 10.1. The first-order valence-corrected chi connectivity index (χ1v) is 7.61. The molecule has 1 N–H and O–H groups in total. The molecule has 1 aliphatic heterocycles. The highest BCUT2D eigenvalue weighted by Gasteiger charge is 2.13. The third kappa shape index (κ3) is 3.41. The van der Waals surface area contributed by atoms with E-state index < -0.39 is 0 Å². The van der Waals surface area contributed by atoms with Crippen LogP contribution in [0.3, 0.4) is 0 Å². The maximum atomic E-state index is 5.36. The minimum atomic E-state index is 0.581. The van der Waals surface area contributed by atoms with E-state index in [2.05, 4.69) is 39.9 Å². The van der Waals surface area contributed by atoms with Crippen molar-refractivity contribution in [2.75, 3.05) is 13.2 Å². The molecule has 4 heteroatoms. The second kappa shape index (κ2) is 6.28. The fourth-order valence-electron chi connectivity index (χ4n) is 2.27. The zero-order chi connectivity index (χ0) is 12.9. The van der Waals surface area contributed by atoms with Gasteiger partial charge in [-0.3, -0.25) is 0 Å². The fraction of sp³-hybridized carbons (Fsp3) is 0.400. The van der Waals surface area contributed by atoms with Crippen molar-refractivity contribution in [2.24, 2.45) is 0 Å². The molecule has 1 aromatic carbocycles. The predicted octanol–water partition coefficient (Wildman–Crippen LogP) is 3.08. The molecule has 19 heavy (non-hydrogen) atoms. The molecule has 1 saturated heterocycles. The average Bonchev–Trinajstić information content (AvgIpc) is 2.96. The minimum absolute atomic E-state index is 0.581. The molecule has 2 aromatic rings. The lowest BCUT2D eigenvalue weighted by molar-refractivity contribution is 0.0776. The van der Waals surface area contributed by atoms with Gasteiger partial charge in [0.05, 0.1) is 5.69 Å². The van der Waals surface area contributed by atoms with Crippen LogP contribution in [-0.4, -0.2) is 24.2 Å². The van der Waals surface area contributed by atoms with E-state index in [-0.39, 0.29) is 0 Å². The van der Waals surface area contributed by atoms with Gasteiger partial charge >= 0.3 is 0 Å². The van der Waals surface area contributed by atoms with Gasteiger partial charge in [0.2, 0.25) is 0 Å². The van der Waals surface area contributed by atoms with Crippen molar-refractivity contribution < 1.29 is 4.74 Å². The molecule has 0 spiro atoms. The van der Waals surface area contributed by atoms with Crippen LogP contribution in [0.25, 0.3) is 11.3 Å². The SMILES string of the molecule is c1ccc(-c2csc(CNC3CCOCC3)n2)cc1. The summed E-state index contributed by atoms with van der Waals surface area (Å²) in [6.07, 6.45) is 2.22. The average molecular weight is 274 g/mol. The van der Waals surface area contributed by atoms with Crippen LogP contribution in [0.1, 0.15) is 17.8 Å². The Bertz CT molecular complexity index is 506. The summed E-state index contributed by atoms with van der Waals surface area (Å²) in [4.78, 5) is 4.69. The van der Waals surface area contributed by atoms with E-state index in [1.54, 1.807) is 11.3 Å². The number of aromatic nitrogens is 1. The second-order valence-electron chi connectivity index (χ2n) is 4.76. The first-order valence-electron chi connectivity index (χ1n) is 6.73. The summed E-state index contributed by atoms with van der Waals surface area (Å²) in [5, 5.41) is 6.86. The Morgan fingerprint density at radius 2 is 2.00 bits per heavy atom. The Morgan fingerprint density at radius 1 is 1.21 bits per heavy atom. The lowest BCUT2D eigenvalue weighted by Crippen LogP contribution is -2.34. The van der Waals surface area contributed by atoms with E-state index in [9.17, 15) is 0 Å². The molecular formula is C15H18N2OS. The molecule has 3 rings (SSSR count). The maximum absolute atomic E-state index is 5.36. The predicted molar refractivity (Wildman–Crippen MR) is 78.2 cm³/mol. The summed E-state index contributed by atoms with van der Waals surface area (Å²) in [6.45, 7) is 2.62. The highest BCUT2D eigenvalue weighted by Crippen LogP contribution is 2.21. The Kier molecular flexibility index (Phi) is 4.23. The normalized spacial score (nSPS) is 16.6. The summed E-state index contributed by atoms with van der Waals surface area (Å²) in [6, 6.07) is 10.9. The maximum Gasteiger partial charge on any atom is 0.107 e. The molecule has 1 fully saturated rings. The van der Waals surface area contributed by atoms with Gasteiger partial charge in [-0.2, -0.15) is 0 Å². The number of rotatable bonds is 4. The van der Waals surface area contributed by atoms with Gasteiger partial charge < -0.3 is 10.1 Å². The Hall–Kier alpha value is -1.23. The summed E-state index contributed by atoms with van der Waals surface area (Å²) >= 11 is 1.73. The molecule has 100 valence electrons. The van der Waals surface area contributed by atoms with E-state index in [1.165, 1.54) is 5.56 Å². The van der Waals surface area contributed by atoms with E-state index in [0.29, 0.717) is 6.04 Å². The second-order valence-corrected chi connectivity index (χ2v) is 5.70. The molecular weight excluding hydrogens is 256 g/mol. The van der Waals surface area contributed by atoms with Crippen molar-refractivity contribution in [2.45, 2.75) is 25.4 Å². The zero-order valence-corrected chi connectivity index (χ0v) is 11.7. The lowest BCUT2D eigenvalue weighted by Gasteiger charge is -2.22. The van der Waals surface area contributed by atoms with Gasteiger partial charge in [-0.05, 0) is 12.8 Å². The van der Waals surface area contributed by atoms with E-state index in [1.807, 2.05) is 6.07 Å². The molecule has 0 amide bonds. The van der Waals surface area contributed by atoms with Crippen LogP contribution >= 0.6 is 11.3 Å². The first kappa shape index (κ1) is 12.8. The van der Waals surface area contributed by atoms with Gasteiger partial charge in [0, 0.05) is 36.7 Å². The van der Waals surface area contributed by atoms with Gasteiger partial charge in [-0.1, -0.05) is 30.3 Å². The van der Waals surface area contributed by atoms with Crippen LogP contribution in [0.5, 0.6) is 0 Å². The Morgan fingerprint density at radius 3 is 2.79 bits per heavy atom. The Balaban J connectivity index is 1.59. The summed E-state index contributed by atoms with van der Waals surface area (Å²) in [5.41, 5.74) is 2.27. The highest BCUT2D eigenvalue weighted by molar-refractivity contribution is 7.09. The van der Waals surface area contributed by atoms with Crippen molar-refractivity contribution >= 4 is 11.3 Å². The molecule has 0 aliphatic carbocycles. The number of thiazole rings is 1. The number of hydrogen-bond donors (Lipinski definition) is 1. The quantitative estimate of drug-likeness (QED) is 0.930. The number of benzene rings is 1. The standard InChI is InChI=1S/C15H18N2OS/c1-2-4-12(5-3-1)14-11-19-15(17-14)10-16-13-6-8-18-9-7-13/h1-5,11,13,16H,6-10H2. The van der Waals surface area contributed by atoms with Gasteiger partial charge in [-0.25, -0.2) is 4.98 Å². The van der Waals surface area contributed by atoms with Crippen LogP contribution in [0, 0.1) is 0 Å². The first-order chi connectivity index (χ1) is 9.42. The van der Waals surface area contributed by atoms with Crippen molar-refractivity contribution in [1.29, 1.82) is 0 Å². The van der Waals surface area contributed by atoms with Gasteiger partial charge in [0.25, 0.3) is 0 Å². The molecule has 1 aromatic heterocycles. The number of hydrogen-bond acceptors (Lipinski definition) is 4. The van der Waals surface area contributed by atoms with Crippen molar-refractivity contribution in [1.82, 2.24) is 10.3 Å². The fourth-order valence-corrected chi connectivity index (χ4v) is 3.02. The van der Waals surface area contributed by atoms with E-state index in [0.717, 1.165) is 43.3 Å². The number of nitrogens with one attached hydrogen (secondary N) is 1. The number of nitrogens with zero attached hydrogens (tertiary/aromatic N) is 1. The zero-order valence-electron chi connectivity index (χ0n) is 10.8. The third-order valence-corrected chi connectivity index (χ3v) is 4.23. The third-order valence-electron chi connectivity index (χ3n) is 3.38. The number of ether oxygens (including phenoxy) is 1. The molecule has 0 bridgehead atoms. The van der Waals surface area contributed by atoms with Crippen molar-refractivity contribution in [3.8, 4) is 11.3 Å². The monoisotopic (exact) mass is 274 g/mol. The highest BCUT2D eigenvalue weighted by atomic mass is 32.1. The van der Waals surface area contributed by atoms with Crippen molar-refractivity contribution in [3.63, 3.8) is 0 Å². The summed E-state index contributed by atoms with van der Waals surface area (Å²) in [5.74, 6) is 0. The summed E-state index contributed by atoms with van der Waals surface area (Å²) < 4.78 is 5.36. The van der Waals surface area contributed by atoms with Crippen LogP contribution < -0.4 is 5.32 Å². The van der Waals surface area contributed by atoms with Crippen LogP contribution in [0.2, 0.25) is 0 Å². The minimum Gasteiger partial charge on any atom is -0.381 e. The van der Waals surface area contributed by atoms with E-state index >= 15 is 0 Å². The molecule has 3 nitrogen and oxygen atoms in total.